The average molecular weight is 311 g/mol. The highest BCUT2D eigenvalue weighted by Gasteiger charge is 2.15. The molecule has 0 saturated carbocycles. The topological polar surface area (TPSA) is 29.5 Å². The monoisotopic (exact) mass is 310 g/mol. The molecule has 1 N–H and O–H groups in total. The Morgan fingerprint density at radius 3 is 2.55 bits per heavy atom. The number of aliphatic hydroxyl groups is 1. The molecule has 1 unspecified atom stereocenters. The summed E-state index contributed by atoms with van der Waals surface area (Å²) in [6.45, 7) is 2.00. The van der Waals surface area contributed by atoms with Crippen molar-refractivity contribution >= 4 is 23.2 Å². The molecule has 2 aromatic rings. The molecule has 0 aromatic heterocycles. The third-order valence-corrected chi connectivity index (χ3v) is 3.73. The van der Waals surface area contributed by atoms with Crippen molar-refractivity contribution < 1.29 is 9.84 Å². The van der Waals surface area contributed by atoms with Gasteiger partial charge in [-0.3, -0.25) is 0 Å². The number of benzene rings is 2. The number of aliphatic hydroxyl groups excluding tert-OH is 1. The number of methoxy groups -OCH3 is 1. The van der Waals surface area contributed by atoms with Gasteiger partial charge in [0.05, 0.1) is 13.2 Å². The van der Waals surface area contributed by atoms with Crippen LogP contribution >= 0.6 is 23.2 Å². The Labute approximate surface area is 128 Å². The molecule has 0 bridgehead atoms. The van der Waals surface area contributed by atoms with Gasteiger partial charge < -0.3 is 9.84 Å². The predicted octanol–water partition coefficient (Wildman–Crippen LogP) is 4.59. The quantitative estimate of drug-likeness (QED) is 0.895. The lowest BCUT2D eigenvalue weighted by molar-refractivity contribution is 0.177. The van der Waals surface area contributed by atoms with E-state index in [1.807, 2.05) is 25.1 Å². The van der Waals surface area contributed by atoms with Gasteiger partial charge in [0.1, 0.15) is 5.75 Å². The van der Waals surface area contributed by atoms with Crippen LogP contribution in [0.4, 0.5) is 0 Å². The smallest absolute Gasteiger partial charge is 0.122 e. The van der Waals surface area contributed by atoms with Crippen LogP contribution in [0.2, 0.25) is 10.0 Å². The van der Waals surface area contributed by atoms with Crippen LogP contribution in [-0.2, 0) is 6.42 Å². The number of halogens is 2. The summed E-state index contributed by atoms with van der Waals surface area (Å²) >= 11 is 12.0. The molecule has 2 rings (SSSR count). The summed E-state index contributed by atoms with van der Waals surface area (Å²) in [5.41, 5.74) is 2.74. The Hall–Kier alpha value is -1.22. The van der Waals surface area contributed by atoms with E-state index in [-0.39, 0.29) is 0 Å². The first-order valence-corrected chi connectivity index (χ1v) is 7.03. The third kappa shape index (κ3) is 3.45. The molecule has 0 aliphatic carbocycles. The molecule has 106 valence electrons. The van der Waals surface area contributed by atoms with Crippen LogP contribution in [0, 0.1) is 6.92 Å². The highest BCUT2D eigenvalue weighted by Crippen LogP contribution is 2.31. The molecule has 4 heteroatoms. The summed E-state index contributed by atoms with van der Waals surface area (Å²) < 4.78 is 5.32. The zero-order valence-corrected chi connectivity index (χ0v) is 12.9. The van der Waals surface area contributed by atoms with Crippen molar-refractivity contribution in [3.63, 3.8) is 0 Å². The SMILES string of the molecule is COc1ccc(C)cc1CC(O)c1ccc(Cl)cc1Cl. The molecule has 0 radical (unpaired) electrons. The number of aryl methyl sites for hydroxylation is 1. The van der Waals surface area contributed by atoms with Crippen molar-refractivity contribution in [3.8, 4) is 5.75 Å². The van der Waals surface area contributed by atoms with Gasteiger partial charge >= 0.3 is 0 Å². The Morgan fingerprint density at radius 1 is 1.15 bits per heavy atom. The number of hydrogen-bond acceptors (Lipinski definition) is 2. The molecule has 1 atom stereocenters. The lowest BCUT2D eigenvalue weighted by atomic mass is 9.99. The van der Waals surface area contributed by atoms with Crippen molar-refractivity contribution in [3.05, 3.63) is 63.1 Å². The van der Waals surface area contributed by atoms with Gasteiger partial charge in [0.25, 0.3) is 0 Å². The largest absolute Gasteiger partial charge is 0.496 e. The summed E-state index contributed by atoms with van der Waals surface area (Å²) in [7, 11) is 1.62. The zero-order valence-electron chi connectivity index (χ0n) is 11.4. The molecule has 0 fully saturated rings. The van der Waals surface area contributed by atoms with Crippen LogP contribution in [0.15, 0.2) is 36.4 Å². The molecular weight excluding hydrogens is 295 g/mol. The first kappa shape index (κ1) is 15.2. The van der Waals surface area contributed by atoms with Gasteiger partial charge in [-0.25, -0.2) is 0 Å². The predicted molar refractivity (Wildman–Crippen MR) is 82.9 cm³/mol. The van der Waals surface area contributed by atoms with Crippen LogP contribution in [0.1, 0.15) is 22.8 Å². The van der Waals surface area contributed by atoms with E-state index in [0.29, 0.717) is 22.0 Å². The van der Waals surface area contributed by atoms with Gasteiger partial charge in [0.2, 0.25) is 0 Å². The minimum absolute atomic E-state index is 0.437. The van der Waals surface area contributed by atoms with Crippen molar-refractivity contribution in [1.29, 1.82) is 0 Å². The molecule has 20 heavy (non-hydrogen) atoms. The Bertz CT molecular complexity index is 611. The fourth-order valence-electron chi connectivity index (χ4n) is 2.16. The van der Waals surface area contributed by atoms with Gasteiger partial charge in [-0.15, -0.1) is 0 Å². The molecule has 0 heterocycles. The van der Waals surface area contributed by atoms with Crippen LogP contribution in [0.3, 0.4) is 0 Å². The minimum Gasteiger partial charge on any atom is -0.496 e. The van der Waals surface area contributed by atoms with E-state index in [9.17, 15) is 5.11 Å². The second kappa shape index (κ2) is 6.49. The van der Waals surface area contributed by atoms with E-state index in [1.165, 1.54) is 0 Å². The highest BCUT2D eigenvalue weighted by molar-refractivity contribution is 6.35. The first-order valence-electron chi connectivity index (χ1n) is 6.28. The van der Waals surface area contributed by atoms with E-state index < -0.39 is 6.10 Å². The maximum atomic E-state index is 10.4. The molecule has 0 aliphatic heterocycles. The summed E-state index contributed by atoms with van der Waals surface area (Å²) in [5, 5.41) is 11.4. The van der Waals surface area contributed by atoms with Gasteiger partial charge in [-0.05, 0) is 36.2 Å². The van der Waals surface area contributed by atoms with Gasteiger partial charge in [-0.1, -0.05) is 47.0 Å². The molecule has 0 amide bonds. The van der Waals surface area contributed by atoms with E-state index in [4.69, 9.17) is 27.9 Å². The van der Waals surface area contributed by atoms with Gasteiger partial charge in [0.15, 0.2) is 0 Å². The van der Waals surface area contributed by atoms with Crippen molar-refractivity contribution in [2.45, 2.75) is 19.4 Å². The zero-order chi connectivity index (χ0) is 14.7. The first-order chi connectivity index (χ1) is 9.51. The Balaban J connectivity index is 2.27. The second-order valence-electron chi connectivity index (χ2n) is 4.70. The standard InChI is InChI=1S/C16H16Cl2O2/c1-10-3-6-16(20-2)11(7-10)8-15(19)13-5-4-12(17)9-14(13)18/h3-7,9,15,19H,8H2,1-2H3. The molecule has 2 aromatic carbocycles. The fraction of sp³-hybridized carbons (Fsp3) is 0.250. The molecule has 0 aliphatic rings. The number of ether oxygens (including phenoxy) is 1. The maximum Gasteiger partial charge on any atom is 0.122 e. The van der Waals surface area contributed by atoms with E-state index >= 15 is 0 Å². The van der Waals surface area contributed by atoms with Crippen molar-refractivity contribution in [2.75, 3.05) is 7.11 Å². The number of hydrogen-bond donors (Lipinski definition) is 1. The average Bonchev–Trinajstić information content (AvgIpc) is 2.38. The van der Waals surface area contributed by atoms with E-state index in [0.717, 1.165) is 16.9 Å². The molecular formula is C16H16Cl2O2. The van der Waals surface area contributed by atoms with Gasteiger partial charge in [-0.2, -0.15) is 0 Å². The summed E-state index contributed by atoms with van der Waals surface area (Å²) in [6.07, 6.45) is -0.262. The second-order valence-corrected chi connectivity index (χ2v) is 5.54. The van der Waals surface area contributed by atoms with Crippen molar-refractivity contribution in [2.24, 2.45) is 0 Å². The van der Waals surface area contributed by atoms with Crippen LogP contribution in [0.25, 0.3) is 0 Å². The lowest BCUT2D eigenvalue weighted by Crippen LogP contribution is -2.04. The maximum absolute atomic E-state index is 10.4. The Kier molecular flexibility index (Phi) is 4.92. The molecule has 0 saturated heterocycles. The fourth-order valence-corrected chi connectivity index (χ4v) is 2.69. The molecule has 2 nitrogen and oxygen atoms in total. The van der Waals surface area contributed by atoms with Gasteiger partial charge in [0, 0.05) is 16.5 Å². The van der Waals surface area contributed by atoms with E-state index in [2.05, 4.69) is 0 Å². The Morgan fingerprint density at radius 2 is 1.90 bits per heavy atom. The normalized spacial score (nSPS) is 12.2. The summed E-state index contributed by atoms with van der Waals surface area (Å²) in [6, 6.07) is 11.0. The summed E-state index contributed by atoms with van der Waals surface area (Å²) in [5.74, 6) is 0.764. The minimum atomic E-state index is -0.699. The third-order valence-electron chi connectivity index (χ3n) is 3.17. The summed E-state index contributed by atoms with van der Waals surface area (Å²) in [4.78, 5) is 0. The lowest BCUT2D eigenvalue weighted by Gasteiger charge is -2.15. The van der Waals surface area contributed by atoms with Crippen LogP contribution < -0.4 is 4.74 Å². The van der Waals surface area contributed by atoms with E-state index in [1.54, 1.807) is 25.3 Å². The van der Waals surface area contributed by atoms with Crippen molar-refractivity contribution in [1.82, 2.24) is 0 Å². The molecule has 0 spiro atoms. The number of rotatable bonds is 4. The van der Waals surface area contributed by atoms with Crippen LogP contribution in [-0.4, -0.2) is 12.2 Å². The highest BCUT2D eigenvalue weighted by atomic mass is 35.5. The van der Waals surface area contributed by atoms with Crippen LogP contribution in [0.5, 0.6) is 5.75 Å².